The van der Waals surface area contributed by atoms with E-state index in [1.165, 1.54) is 30.4 Å². The quantitative estimate of drug-likeness (QED) is 0.191. The Bertz CT molecular complexity index is 842. The number of unbranched alkanes of at least 4 members (excludes halogenated alkanes) is 2. The molecule has 0 aliphatic rings. The monoisotopic (exact) mass is 394 g/mol. The molecular weight excluding hydrogens is 363 g/mol. The van der Waals surface area contributed by atoms with Crippen molar-refractivity contribution >= 4 is 38.1 Å². The van der Waals surface area contributed by atoms with Crippen molar-refractivity contribution in [3.05, 3.63) is 59.7 Å². The molecule has 3 nitrogen and oxygen atoms in total. The number of aliphatic imine (C=N–C) groups is 1. The van der Waals surface area contributed by atoms with Crippen LogP contribution in [0.25, 0.3) is 5.76 Å². The highest BCUT2D eigenvalue weighted by Crippen LogP contribution is 2.32. The fourth-order valence-corrected chi connectivity index (χ4v) is 3.37. The number of rotatable bonds is 11. The zero-order chi connectivity index (χ0) is 20.4. The molecule has 148 valence electrons. The van der Waals surface area contributed by atoms with Crippen LogP contribution >= 0.6 is 8.86 Å². The Morgan fingerprint density at radius 1 is 1.18 bits per heavy atom. The normalized spacial score (nSPS) is 10.8. The van der Waals surface area contributed by atoms with Crippen molar-refractivity contribution in [2.24, 2.45) is 4.99 Å². The minimum atomic E-state index is 0.606. The van der Waals surface area contributed by atoms with E-state index in [9.17, 15) is 0 Å². The van der Waals surface area contributed by atoms with Gasteiger partial charge in [-0.2, -0.15) is 0 Å². The van der Waals surface area contributed by atoms with Crippen molar-refractivity contribution < 1.29 is 4.74 Å². The van der Waals surface area contributed by atoms with Gasteiger partial charge in [-0.1, -0.05) is 39.3 Å². The fourth-order valence-electron chi connectivity index (χ4n) is 3.20. The molecule has 0 saturated heterocycles. The van der Waals surface area contributed by atoms with Gasteiger partial charge in [-0.05, 0) is 61.6 Å². The summed E-state index contributed by atoms with van der Waals surface area (Å²) in [6.45, 7) is 10.5. The van der Waals surface area contributed by atoms with Gasteiger partial charge in [0.1, 0.15) is 11.5 Å². The Morgan fingerprint density at radius 3 is 2.68 bits per heavy atom. The third-order valence-corrected chi connectivity index (χ3v) is 4.78. The number of benzene rings is 2. The molecule has 0 fully saturated rings. The SMILES string of the molecule is C=C(Oc1cccc(NC=P)c1)c1cc(CC)c(CCCCC)cc1/N=C\C. The number of ether oxygens (including phenoxy) is 1. The smallest absolute Gasteiger partial charge is 0.129 e. The summed E-state index contributed by atoms with van der Waals surface area (Å²) in [5.74, 6) is 3.04. The van der Waals surface area contributed by atoms with Crippen LogP contribution in [0.5, 0.6) is 5.75 Å². The van der Waals surface area contributed by atoms with E-state index in [1.807, 2.05) is 37.4 Å². The molecule has 0 atom stereocenters. The van der Waals surface area contributed by atoms with Crippen molar-refractivity contribution in [3.63, 3.8) is 0 Å². The van der Waals surface area contributed by atoms with E-state index >= 15 is 0 Å². The van der Waals surface area contributed by atoms with Crippen LogP contribution in [0.15, 0.2) is 48.0 Å². The molecule has 0 unspecified atom stereocenters. The first-order valence-corrected chi connectivity index (χ1v) is 10.6. The minimum absolute atomic E-state index is 0.606. The predicted molar refractivity (Wildman–Crippen MR) is 127 cm³/mol. The first kappa shape index (κ1) is 21.9. The topological polar surface area (TPSA) is 33.6 Å². The molecule has 0 aliphatic carbocycles. The van der Waals surface area contributed by atoms with E-state index in [0.717, 1.165) is 35.5 Å². The van der Waals surface area contributed by atoms with Crippen LogP contribution in [-0.4, -0.2) is 12.1 Å². The maximum Gasteiger partial charge on any atom is 0.129 e. The predicted octanol–water partition coefficient (Wildman–Crippen LogP) is 7.07. The van der Waals surface area contributed by atoms with Gasteiger partial charge in [0.15, 0.2) is 0 Å². The fraction of sp³-hybridized carbons (Fsp3) is 0.333. The lowest BCUT2D eigenvalue weighted by atomic mass is 9.95. The van der Waals surface area contributed by atoms with E-state index < -0.39 is 0 Å². The molecule has 0 radical (unpaired) electrons. The zero-order valence-corrected chi connectivity index (χ0v) is 18.2. The first-order chi connectivity index (χ1) is 13.6. The third-order valence-electron chi connectivity index (χ3n) is 4.63. The molecule has 1 N–H and O–H groups in total. The molecular formula is C24H31N2OP. The van der Waals surface area contributed by atoms with E-state index in [0.29, 0.717) is 5.76 Å². The van der Waals surface area contributed by atoms with Gasteiger partial charge in [-0.15, -0.1) is 8.86 Å². The van der Waals surface area contributed by atoms with Crippen molar-refractivity contribution in [3.8, 4) is 5.75 Å². The van der Waals surface area contributed by atoms with Crippen LogP contribution in [0.2, 0.25) is 0 Å². The van der Waals surface area contributed by atoms with Gasteiger partial charge < -0.3 is 10.1 Å². The molecule has 2 aromatic carbocycles. The second-order valence-corrected chi connectivity index (χ2v) is 6.97. The Hall–Kier alpha value is -2.38. The van der Waals surface area contributed by atoms with Crippen molar-refractivity contribution in [1.29, 1.82) is 0 Å². The third kappa shape index (κ3) is 6.07. The van der Waals surface area contributed by atoms with E-state index in [4.69, 9.17) is 4.74 Å². The van der Waals surface area contributed by atoms with Crippen molar-refractivity contribution in [2.45, 2.75) is 52.9 Å². The molecule has 4 heteroatoms. The second-order valence-electron chi connectivity index (χ2n) is 6.68. The summed E-state index contributed by atoms with van der Waals surface area (Å²) in [4.78, 5) is 4.59. The van der Waals surface area contributed by atoms with Gasteiger partial charge in [-0.3, -0.25) is 4.99 Å². The molecule has 0 spiro atoms. The molecule has 0 bridgehead atoms. The number of hydrogen-bond donors (Lipinski definition) is 1. The average Bonchev–Trinajstić information content (AvgIpc) is 2.69. The number of hydrogen-bond acceptors (Lipinski definition) is 2. The van der Waals surface area contributed by atoms with Crippen molar-refractivity contribution in [1.82, 2.24) is 0 Å². The standard InChI is InChI=1S/C24H31N2OP/c1-5-8-9-11-20-15-24(25-7-3)23(14-19(20)6-2)18(4)27-22-13-10-12-21(16-22)26-17-28/h7,10,12-17,26,28H,4-6,8-9,11H2,1-3H3/b25-7-. The highest BCUT2D eigenvalue weighted by Gasteiger charge is 2.13. The highest BCUT2D eigenvalue weighted by atomic mass is 31.0. The highest BCUT2D eigenvalue weighted by molar-refractivity contribution is 7.18. The first-order valence-electron chi connectivity index (χ1n) is 10.00. The van der Waals surface area contributed by atoms with Crippen LogP contribution in [-0.2, 0) is 12.8 Å². The average molecular weight is 394 g/mol. The Balaban J connectivity index is 2.32. The van der Waals surface area contributed by atoms with Gasteiger partial charge in [0, 0.05) is 29.5 Å². The zero-order valence-electron chi connectivity index (χ0n) is 17.2. The van der Waals surface area contributed by atoms with Gasteiger partial charge in [0.25, 0.3) is 0 Å². The number of aryl methyl sites for hydroxylation is 2. The van der Waals surface area contributed by atoms with Crippen LogP contribution in [0.4, 0.5) is 11.4 Å². The molecule has 28 heavy (non-hydrogen) atoms. The molecule has 2 rings (SSSR count). The molecule has 0 amide bonds. The summed E-state index contributed by atoms with van der Waals surface area (Å²) in [6, 6.07) is 12.2. The molecule has 0 aliphatic heterocycles. The Kier molecular flexibility index (Phi) is 8.97. The van der Waals surface area contributed by atoms with E-state index in [-0.39, 0.29) is 0 Å². The maximum atomic E-state index is 6.07. The Morgan fingerprint density at radius 2 is 2.00 bits per heavy atom. The molecule has 2 aromatic rings. The van der Waals surface area contributed by atoms with Crippen LogP contribution < -0.4 is 10.1 Å². The van der Waals surface area contributed by atoms with E-state index in [1.54, 1.807) is 5.92 Å². The van der Waals surface area contributed by atoms with Gasteiger partial charge in [-0.25, -0.2) is 0 Å². The molecule has 0 saturated carbocycles. The van der Waals surface area contributed by atoms with Crippen LogP contribution in [0.1, 0.15) is 56.7 Å². The summed E-state index contributed by atoms with van der Waals surface area (Å²) < 4.78 is 6.07. The van der Waals surface area contributed by atoms with E-state index in [2.05, 4.69) is 51.7 Å². The van der Waals surface area contributed by atoms with Crippen molar-refractivity contribution in [2.75, 3.05) is 5.32 Å². The second kappa shape index (κ2) is 11.5. The summed E-state index contributed by atoms with van der Waals surface area (Å²) in [5.41, 5.74) is 5.52. The molecule has 0 heterocycles. The lowest BCUT2D eigenvalue weighted by Crippen LogP contribution is -2.00. The Labute approximate surface area is 171 Å². The van der Waals surface area contributed by atoms with Crippen LogP contribution in [0, 0.1) is 0 Å². The summed E-state index contributed by atoms with van der Waals surface area (Å²) in [5, 5.41) is 3.10. The minimum Gasteiger partial charge on any atom is -0.457 e. The largest absolute Gasteiger partial charge is 0.457 e. The number of anilines is 1. The van der Waals surface area contributed by atoms with Gasteiger partial charge in [0.2, 0.25) is 0 Å². The lowest BCUT2D eigenvalue weighted by Gasteiger charge is -2.16. The number of nitrogens with zero attached hydrogens (tertiary/aromatic N) is 1. The van der Waals surface area contributed by atoms with Crippen LogP contribution in [0.3, 0.4) is 0 Å². The molecule has 0 aromatic heterocycles. The van der Waals surface area contributed by atoms with Gasteiger partial charge >= 0.3 is 0 Å². The number of nitrogens with one attached hydrogen (secondary N) is 1. The summed E-state index contributed by atoms with van der Waals surface area (Å²) in [6.07, 6.45) is 7.59. The lowest BCUT2D eigenvalue weighted by molar-refractivity contribution is 0.517. The van der Waals surface area contributed by atoms with Gasteiger partial charge in [0.05, 0.1) is 5.69 Å². The maximum absolute atomic E-state index is 6.07. The summed E-state index contributed by atoms with van der Waals surface area (Å²) >= 11 is 0. The summed E-state index contributed by atoms with van der Waals surface area (Å²) in [7, 11) is 3.31.